The van der Waals surface area contributed by atoms with Gasteiger partial charge in [0.2, 0.25) is 0 Å². The van der Waals surface area contributed by atoms with Crippen molar-refractivity contribution in [2.75, 3.05) is 0 Å². The predicted octanol–water partition coefficient (Wildman–Crippen LogP) is 13.2. The predicted molar refractivity (Wildman–Crippen MR) is 209 cm³/mol. The Labute approximate surface area is 292 Å². The van der Waals surface area contributed by atoms with Crippen molar-refractivity contribution in [3.05, 3.63) is 156 Å². The van der Waals surface area contributed by atoms with Gasteiger partial charge in [-0.3, -0.25) is 0 Å². The molecule has 1 saturated carbocycles. The molecule has 4 aliphatic carbocycles. The van der Waals surface area contributed by atoms with Gasteiger partial charge in [0.25, 0.3) is 0 Å². The third-order valence-corrected chi connectivity index (χ3v) is 12.5. The van der Waals surface area contributed by atoms with Crippen LogP contribution in [-0.2, 0) is 5.41 Å². The first-order valence-corrected chi connectivity index (χ1v) is 18.6. The molecule has 4 aliphatic rings. The van der Waals surface area contributed by atoms with E-state index in [-0.39, 0.29) is 5.41 Å². The molecular weight excluding hydrogens is 607 g/mol. The Morgan fingerprint density at radius 2 is 1.40 bits per heavy atom. The molecule has 0 amide bonds. The molecule has 0 bridgehead atoms. The van der Waals surface area contributed by atoms with Gasteiger partial charge < -0.3 is 8.98 Å². The Morgan fingerprint density at radius 3 is 2.26 bits per heavy atom. The quantitative estimate of drug-likeness (QED) is 0.187. The normalized spacial score (nSPS) is 20.7. The molecule has 1 spiro atoms. The largest absolute Gasteiger partial charge is 0.456 e. The monoisotopic (exact) mass is 645 g/mol. The Bertz CT molecular complexity index is 2650. The summed E-state index contributed by atoms with van der Waals surface area (Å²) < 4.78 is 9.14. The van der Waals surface area contributed by atoms with Crippen LogP contribution in [0.5, 0.6) is 0 Å². The Hall–Kier alpha value is -5.34. The lowest BCUT2D eigenvalue weighted by atomic mass is 9.68. The summed E-state index contributed by atoms with van der Waals surface area (Å²) in [4.78, 5) is 0. The Morgan fingerprint density at radius 1 is 0.600 bits per heavy atom. The van der Waals surface area contributed by atoms with Gasteiger partial charge in [-0.05, 0) is 107 Å². The first kappa shape index (κ1) is 28.5. The zero-order valence-electron chi connectivity index (χ0n) is 28.2. The molecule has 0 saturated heterocycles. The van der Waals surface area contributed by atoms with Gasteiger partial charge in [-0.1, -0.05) is 116 Å². The molecule has 2 nitrogen and oxygen atoms in total. The Balaban J connectivity index is 1.01. The van der Waals surface area contributed by atoms with Gasteiger partial charge in [0.05, 0.1) is 6.04 Å². The van der Waals surface area contributed by atoms with Crippen LogP contribution in [0.2, 0.25) is 0 Å². The summed E-state index contributed by atoms with van der Waals surface area (Å²) in [6.07, 6.45) is 24.7. The van der Waals surface area contributed by atoms with E-state index >= 15 is 0 Å². The van der Waals surface area contributed by atoms with Crippen molar-refractivity contribution in [1.29, 1.82) is 0 Å². The highest BCUT2D eigenvalue weighted by Gasteiger charge is 2.44. The van der Waals surface area contributed by atoms with Gasteiger partial charge >= 0.3 is 0 Å². The summed E-state index contributed by atoms with van der Waals surface area (Å²) in [5, 5.41) is 5.08. The molecule has 50 heavy (non-hydrogen) atoms. The number of hydrogen-bond acceptors (Lipinski definition) is 1. The molecule has 0 aliphatic heterocycles. The highest BCUT2D eigenvalue weighted by atomic mass is 16.3. The first-order chi connectivity index (χ1) is 24.7. The maximum absolute atomic E-state index is 6.58. The minimum atomic E-state index is 0.133. The number of nitrogens with zero attached hydrogens (tertiary/aromatic N) is 1. The van der Waals surface area contributed by atoms with Crippen LogP contribution in [-0.4, -0.2) is 4.57 Å². The van der Waals surface area contributed by atoms with E-state index in [0.29, 0.717) is 12.0 Å². The Kier molecular flexibility index (Phi) is 6.17. The topological polar surface area (TPSA) is 18.1 Å². The molecule has 5 aromatic carbocycles. The fourth-order valence-electron chi connectivity index (χ4n) is 10.1. The van der Waals surface area contributed by atoms with E-state index in [1.54, 1.807) is 0 Å². The van der Waals surface area contributed by atoms with E-state index in [1.807, 2.05) is 0 Å². The summed E-state index contributed by atoms with van der Waals surface area (Å²) in [5.74, 6) is 0.494. The van der Waals surface area contributed by atoms with Gasteiger partial charge in [0.1, 0.15) is 11.2 Å². The maximum atomic E-state index is 6.58. The number of allylic oxidation sites excluding steroid dienone is 8. The highest BCUT2D eigenvalue weighted by Crippen LogP contribution is 2.57. The van der Waals surface area contributed by atoms with E-state index in [1.165, 1.54) is 104 Å². The molecule has 242 valence electrons. The standard InChI is InChI=1S/C48H39NO/c1-3-11-31(12-4-1)32-17-21-35(22-18-32)49-44-16-8-6-14-37(44)39-27-33(19-23-45(39)49)34-20-24-46-40(28-34)41-29-43-38(30-47(41)50-46)36-13-5-7-15-42(36)48(43)25-9-2-10-26-48/h1,3-8,11,13-21,23-24,27-31,35H,2,9-10,12,22,25-26H2. The second kappa shape index (κ2) is 10.8. The lowest BCUT2D eigenvalue weighted by Crippen LogP contribution is -2.27. The van der Waals surface area contributed by atoms with Crippen molar-refractivity contribution >= 4 is 43.7 Å². The van der Waals surface area contributed by atoms with Crippen LogP contribution in [0.4, 0.5) is 0 Å². The number of rotatable bonds is 3. The van der Waals surface area contributed by atoms with Crippen LogP contribution in [0.1, 0.15) is 62.1 Å². The van der Waals surface area contributed by atoms with E-state index < -0.39 is 0 Å². The molecule has 2 unspecified atom stereocenters. The van der Waals surface area contributed by atoms with Crippen molar-refractivity contribution < 1.29 is 4.42 Å². The van der Waals surface area contributed by atoms with Crippen LogP contribution >= 0.6 is 0 Å². The summed E-state index contributed by atoms with van der Waals surface area (Å²) >= 11 is 0. The summed E-state index contributed by atoms with van der Waals surface area (Å²) in [6.45, 7) is 0. The number of furan rings is 1. The number of aromatic nitrogens is 1. The number of hydrogen-bond donors (Lipinski definition) is 0. The van der Waals surface area contributed by atoms with Crippen molar-refractivity contribution in [2.45, 2.75) is 56.4 Å². The van der Waals surface area contributed by atoms with Crippen LogP contribution in [0.15, 0.2) is 150 Å². The van der Waals surface area contributed by atoms with E-state index in [4.69, 9.17) is 4.42 Å². The molecular formula is C48H39NO. The van der Waals surface area contributed by atoms with Crippen LogP contribution < -0.4 is 0 Å². The number of fused-ring (bicyclic) bond motifs is 11. The molecule has 11 rings (SSSR count). The highest BCUT2D eigenvalue weighted by molar-refractivity contribution is 6.11. The van der Waals surface area contributed by atoms with Crippen LogP contribution in [0.3, 0.4) is 0 Å². The molecule has 7 aromatic rings. The van der Waals surface area contributed by atoms with Crippen molar-refractivity contribution in [1.82, 2.24) is 4.57 Å². The SMILES string of the molecule is C1=CCC(C2=CCC(n3c4ccccc4c4cc(-c5ccc6oc7cc8c(cc7c6c5)C5(CCCCC5)c5ccccc5-8)ccc43)C=C2)C=C1. The average Bonchev–Trinajstić information content (AvgIpc) is 3.80. The third kappa shape index (κ3) is 4.08. The van der Waals surface area contributed by atoms with Crippen LogP contribution in [0, 0.1) is 5.92 Å². The molecule has 2 atom stereocenters. The molecule has 0 radical (unpaired) electrons. The zero-order valence-corrected chi connectivity index (χ0v) is 28.2. The van der Waals surface area contributed by atoms with Crippen molar-refractivity contribution in [3.8, 4) is 22.3 Å². The first-order valence-electron chi connectivity index (χ1n) is 18.6. The summed E-state index contributed by atoms with van der Waals surface area (Å²) in [7, 11) is 0. The van der Waals surface area contributed by atoms with Gasteiger partial charge in [-0.25, -0.2) is 0 Å². The van der Waals surface area contributed by atoms with Crippen LogP contribution in [0.25, 0.3) is 66.0 Å². The van der Waals surface area contributed by atoms with Gasteiger partial charge in [0.15, 0.2) is 0 Å². The van der Waals surface area contributed by atoms with E-state index in [9.17, 15) is 0 Å². The second-order valence-electron chi connectivity index (χ2n) is 15.0. The molecule has 2 heterocycles. The lowest BCUT2D eigenvalue weighted by molar-refractivity contribution is 0.353. The summed E-state index contributed by atoms with van der Waals surface area (Å²) in [5.41, 5.74) is 14.4. The second-order valence-corrected chi connectivity index (χ2v) is 15.0. The average molecular weight is 646 g/mol. The van der Waals surface area contributed by atoms with Gasteiger partial charge in [-0.15, -0.1) is 0 Å². The fourth-order valence-corrected chi connectivity index (χ4v) is 10.1. The molecule has 0 N–H and O–H groups in total. The van der Waals surface area contributed by atoms with Crippen molar-refractivity contribution in [3.63, 3.8) is 0 Å². The molecule has 1 fully saturated rings. The lowest BCUT2D eigenvalue weighted by Gasteiger charge is -2.35. The fraction of sp³-hybridized carbons (Fsp3) is 0.208. The minimum absolute atomic E-state index is 0.133. The molecule has 2 aromatic heterocycles. The minimum Gasteiger partial charge on any atom is -0.456 e. The number of benzene rings is 5. The smallest absolute Gasteiger partial charge is 0.136 e. The van der Waals surface area contributed by atoms with E-state index in [0.717, 1.165) is 24.0 Å². The molecule has 2 heteroatoms. The summed E-state index contributed by atoms with van der Waals surface area (Å²) in [6, 6.07) is 37.1. The number of para-hydroxylation sites is 1. The van der Waals surface area contributed by atoms with Gasteiger partial charge in [-0.2, -0.15) is 0 Å². The van der Waals surface area contributed by atoms with E-state index in [2.05, 4.69) is 144 Å². The zero-order chi connectivity index (χ0) is 32.8. The third-order valence-electron chi connectivity index (χ3n) is 12.5. The maximum Gasteiger partial charge on any atom is 0.136 e. The van der Waals surface area contributed by atoms with Crippen molar-refractivity contribution in [2.24, 2.45) is 5.92 Å². The van der Waals surface area contributed by atoms with Gasteiger partial charge in [0, 0.05) is 43.9 Å².